The maximum Gasteiger partial charge on any atom is 0.0145 e. The van der Waals surface area contributed by atoms with Crippen molar-refractivity contribution in [1.29, 1.82) is 0 Å². The van der Waals surface area contributed by atoms with Crippen LogP contribution >= 0.6 is 0 Å². The van der Waals surface area contributed by atoms with Crippen molar-refractivity contribution in [3.8, 4) is 0 Å². The Hall–Kier alpha value is -0.980. The first kappa shape index (κ1) is 9.11. The summed E-state index contributed by atoms with van der Waals surface area (Å²) in [6.45, 7) is 8.59. The first-order valence-electron chi connectivity index (χ1n) is 4.30. The topological polar surface area (TPSA) is 3.24 Å². The van der Waals surface area contributed by atoms with Gasteiger partial charge >= 0.3 is 0 Å². The Labute approximate surface area is 75.1 Å². The van der Waals surface area contributed by atoms with Crippen molar-refractivity contribution in [3.63, 3.8) is 0 Å². The molecule has 0 amide bonds. The van der Waals surface area contributed by atoms with E-state index in [1.54, 1.807) is 0 Å². The van der Waals surface area contributed by atoms with Crippen LogP contribution in [0.15, 0.2) is 34.7 Å². The SMILES string of the molecule is CC1=CC(C)=C(C)C=C(C)N1C. The standard InChI is InChI=1S/C11H17N/c1-8-6-10(3)12(5)11(4)7-9(8)2/h6-7H,1-5H3. The van der Waals surface area contributed by atoms with Crippen LogP contribution in [0.4, 0.5) is 0 Å². The molecule has 1 rings (SSSR count). The molecule has 0 aromatic rings. The third-order valence-corrected chi connectivity index (χ3v) is 2.53. The minimum absolute atomic E-state index is 1.30. The molecule has 1 aliphatic rings. The molecule has 12 heavy (non-hydrogen) atoms. The Morgan fingerprint density at radius 3 is 1.50 bits per heavy atom. The van der Waals surface area contributed by atoms with Crippen LogP contribution < -0.4 is 0 Å². The number of allylic oxidation sites excluding steroid dienone is 6. The van der Waals surface area contributed by atoms with Crippen molar-refractivity contribution >= 4 is 0 Å². The molecule has 1 aliphatic heterocycles. The van der Waals surface area contributed by atoms with Gasteiger partial charge in [-0.3, -0.25) is 0 Å². The molecule has 1 heterocycles. The first-order valence-corrected chi connectivity index (χ1v) is 4.30. The Kier molecular flexibility index (Phi) is 2.41. The van der Waals surface area contributed by atoms with Crippen LogP contribution in [-0.2, 0) is 0 Å². The van der Waals surface area contributed by atoms with Gasteiger partial charge in [-0.05, 0) is 51.0 Å². The molecule has 0 bridgehead atoms. The highest BCUT2D eigenvalue weighted by atomic mass is 15.1. The summed E-state index contributed by atoms with van der Waals surface area (Å²) < 4.78 is 0. The van der Waals surface area contributed by atoms with Gasteiger partial charge in [0.05, 0.1) is 0 Å². The summed E-state index contributed by atoms with van der Waals surface area (Å²) >= 11 is 0. The van der Waals surface area contributed by atoms with Gasteiger partial charge in [0.1, 0.15) is 0 Å². The highest BCUT2D eigenvalue weighted by Gasteiger charge is 2.06. The molecule has 0 fully saturated rings. The number of hydrogen-bond acceptors (Lipinski definition) is 1. The summed E-state index contributed by atoms with van der Waals surface area (Å²) in [6, 6.07) is 0. The summed E-state index contributed by atoms with van der Waals surface area (Å²) in [5, 5.41) is 0. The predicted molar refractivity (Wildman–Crippen MR) is 53.7 cm³/mol. The Morgan fingerprint density at radius 1 is 0.833 bits per heavy atom. The van der Waals surface area contributed by atoms with Gasteiger partial charge in [-0.2, -0.15) is 0 Å². The molecule has 0 saturated heterocycles. The van der Waals surface area contributed by atoms with E-state index in [1.807, 2.05) is 0 Å². The van der Waals surface area contributed by atoms with E-state index >= 15 is 0 Å². The van der Waals surface area contributed by atoms with Crippen LogP contribution in [0.2, 0.25) is 0 Å². The lowest BCUT2D eigenvalue weighted by atomic mass is 10.1. The molecule has 0 aliphatic carbocycles. The highest BCUT2D eigenvalue weighted by Crippen LogP contribution is 2.20. The number of hydrogen-bond donors (Lipinski definition) is 0. The minimum atomic E-state index is 1.30. The molecule has 0 spiro atoms. The largest absolute Gasteiger partial charge is 0.352 e. The molecule has 0 saturated carbocycles. The molecule has 0 radical (unpaired) electrons. The van der Waals surface area contributed by atoms with Crippen LogP contribution in [0.25, 0.3) is 0 Å². The lowest BCUT2D eigenvalue weighted by Gasteiger charge is -2.19. The van der Waals surface area contributed by atoms with E-state index in [0.29, 0.717) is 0 Å². The van der Waals surface area contributed by atoms with Gasteiger partial charge in [0, 0.05) is 18.4 Å². The fourth-order valence-corrected chi connectivity index (χ4v) is 1.33. The van der Waals surface area contributed by atoms with Crippen molar-refractivity contribution in [1.82, 2.24) is 4.90 Å². The third kappa shape index (κ3) is 1.60. The van der Waals surface area contributed by atoms with Gasteiger partial charge in [0.2, 0.25) is 0 Å². The van der Waals surface area contributed by atoms with Crippen LogP contribution in [0, 0.1) is 0 Å². The molecule has 0 unspecified atom stereocenters. The van der Waals surface area contributed by atoms with E-state index < -0.39 is 0 Å². The zero-order chi connectivity index (χ0) is 9.30. The molecular formula is C11H17N. The molecular weight excluding hydrogens is 146 g/mol. The zero-order valence-corrected chi connectivity index (χ0v) is 8.60. The van der Waals surface area contributed by atoms with Crippen LogP contribution in [0.1, 0.15) is 27.7 Å². The smallest absolute Gasteiger partial charge is 0.0145 e. The van der Waals surface area contributed by atoms with E-state index in [0.717, 1.165) is 0 Å². The van der Waals surface area contributed by atoms with Gasteiger partial charge < -0.3 is 4.90 Å². The van der Waals surface area contributed by atoms with E-state index in [1.165, 1.54) is 22.5 Å². The fraction of sp³-hybridized carbons (Fsp3) is 0.455. The first-order chi connectivity index (χ1) is 5.52. The summed E-state index contributed by atoms with van der Waals surface area (Å²) in [6.07, 6.45) is 4.45. The minimum Gasteiger partial charge on any atom is -0.352 e. The average molecular weight is 163 g/mol. The number of rotatable bonds is 0. The van der Waals surface area contributed by atoms with Gasteiger partial charge in [-0.15, -0.1) is 0 Å². The fourth-order valence-electron chi connectivity index (χ4n) is 1.33. The van der Waals surface area contributed by atoms with Crippen molar-refractivity contribution in [2.45, 2.75) is 27.7 Å². The van der Waals surface area contributed by atoms with Gasteiger partial charge in [0.15, 0.2) is 0 Å². The lowest BCUT2D eigenvalue weighted by molar-refractivity contribution is 0.522. The van der Waals surface area contributed by atoms with Crippen LogP contribution in [0.3, 0.4) is 0 Å². The number of nitrogens with zero attached hydrogens (tertiary/aromatic N) is 1. The van der Waals surface area contributed by atoms with Crippen molar-refractivity contribution in [3.05, 3.63) is 34.7 Å². The normalized spacial score (nSPS) is 18.9. The predicted octanol–water partition coefficient (Wildman–Crippen LogP) is 3.08. The van der Waals surface area contributed by atoms with Crippen molar-refractivity contribution < 1.29 is 0 Å². The quantitative estimate of drug-likeness (QED) is 0.530. The molecule has 0 aromatic carbocycles. The lowest BCUT2D eigenvalue weighted by Crippen LogP contribution is -2.12. The van der Waals surface area contributed by atoms with Crippen molar-refractivity contribution in [2.75, 3.05) is 7.05 Å². The maximum absolute atomic E-state index is 2.22. The van der Waals surface area contributed by atoms with Gasteiger partial charge in [-0.1, -0.05) is 0 Å². The Balaban J connectivity index is 3.16. The van der Waals surface area contributed by atoms with Gasteiger partial charge in [0.25, 0.3) is 0 Å². The van der Waals surface area contributed by atoms with Crippen molar-refractivity contribution in [2.24, 2.45) is 0 Å². The van der Waals surface area contributed by atoms with Gasteiger partial charge in [-0.25, -0.2) is 0 Å². The molecule has 1 nitrogen and oxygen atoms in total. The summed E-state index contributed by atoms with van der Waals surface area (Å²) in [5.74, 6) is 0. The van der Waals surface area contributed by atoms with E-state index in [9.17, 15) is 0 Å². The molecule has 0 aromatic heterocycles. The molecule has 66 valence electrons. The van der Waals surface area contributed by atoms with Crippen LogP contribution in [-0.4, -0.2) is 11.9 Å². The van der Waals surface area contributed by atoms with E-state index in [4.69, 9.17) is 0 Å². The molecule has 0 N–H and O–H groups in total. The molecule has 0 atom stereocenters. The average Bonchev–Trinajstić information content (AvgIpc) is 2.07. The highest BCUT2D eigenvalue weighted by molar-refractivity contribution is 5.37. The summed E-state index contributed by atoms with van der Waals surface area (Å²) in [4.78, 5) is 2.21. The summed E-state index contributed by atoms with van der Waals surface area (Å²) in [7, 11) is 2.10. The maximum atomic E-state index is 2.22. The van der Waals surface area contributed by atoms with Crippen LogP contribution in [0.5, 0.6) is 0 Å². The Morgan fingerprint density at radius 2 is 1.17 bits per heavy atom. The monoisotopic (exact) mass is 163 g/mol. The molecule has 1 heteroatoms. The Bertz CT molecular complexity index is 251. The second kappa shape index (κ2) is 3.18. The zero-order valence-electron chi connectivity index (χ0n) is 8.60. The summed E-state index contributed by atoms with van der Waals surface area (Å²) in [5.41, 5.74) is 5.32. The second-order valence-electron chi connectivity index (χ2n) is 3.50. The second-order valence-corrected chi connectivity index (χ2v) is 3.50. The van der Waals surface area contributed by atoms with E-state index in [2.05, 4.69) is 51.8 Å². The third-order valence-electron chi connectivity index (χ3n) is 2.53. The van der Waals surface area contributed by atoms with E-state index in [-0.39, 0.29) is 0 Å².